The van der Waals surface area contributed by atoms with Crippen molar-refractivity contribution in [2.24, 2.45) is 5.73 Å². The van der Waals surface area contributed by atoms with Gasteiger partial charge in [0, 0.05) is 6.42 Å². The smallest absolute Gasteiger partial charge is 0.326 e. The standard InChI is InChI=1S/C13H17NO2/c1-3-9-13(14,12(15)16-2)10-11-7-5-4-6-8-11/h3-8H,1,9-10,14H2,2H3/t13-/m1/s1. The van der Waals surface area contributed by atoms with Gasteiger partial charge in [-0.05, 0) is 12.0 Å². The zero-order valence-electron chi connectivity index (χ0n) is 9.48. The summed E-state index contributed by atoms with van der Waals surface area (Å²) in [7, 11) is 1.35. The Bertz CT molecular complexity index is 361. The molecule has 1 rings (SSSR count). The van der Waals surface area contributed by atoms with Crippen molar-refractivity contribution in [2.75, 3.05) is 7.11 Å². The Morgan fingerprint density at radius 3 is 2.62 bits per heavy atom. The van der Waals surface area contributed by atoms with E-state index in [9.17, 15) is 4.79 Å². The van der Waals surface area contributed by atoms with Gasteiger partial charge in [-0.2, -0.15) is 0 Å². The first-order valence-electron chi connectivity index (χ1n) is 5.14. The number of methoxy groups -OCH3 is 1. The highest BCUT2D eigenvalue weighted by atomic mass is 16.5. The SMILES string of the molecule is C=CC[C@@](N)(Cc1ccccc1)C(=O)OC. The van der Waals surface area contributed by atoms with E-state index in [0.29, 0.717) is 12.8 Å². The number of carbonyl (C=O) groups excluding carboxylic acids is 1. The van der Waals surface area contributed by atoms with Crippen LogP contribution >= 0.6 is 0 Å². The van der Waals surface area contributed by atoms with E-state index >= 15 is 0 Å². The first kappa shape index (κ1) is 12.5. The molecule has 86 valence electrons. The zero-order valence-corrected chi connectivity index (χ0v) is 9.48. The van der Waals surface area contributed by atoms with Gasteiger partial charge in [-0.3, -0.25) is 4.79 Å². The third kappa shape index (κ3) is 2.94. The Kier molecular flexibility index (Phi) is 4.26. The van der Waals surface area contributed by atoms with Gasteiger partial charge >= 0.3 is 5.97 Å². The molecular weight excluding hydrogens is 202 g/mol. The van der Waals surface area contributed by atoms with E-state index in [-0.39, 0.29) is 0 Å². The summed E-state index contributed by atoms with van der Waals surface area (Å²) in [6.07, 6.45) is 2.49. The summed E-state index contributed by atoms with van der Waals surface area (Å²) in [6, 6.07) is 9.64. The second-order valence-corrected chi connectivity index (χ2v) is 3.80. The van der Waals surface area contributed by atoms with Crippen LogP contribution in [0.4, 0.5) is 0 Å². The number of rotatable bonds is 5. The molecule has 1 atom stereocenters. The van der Waals surface area contributed by atoms with E-state index in [1.807, 2.05) is 30.3 Å². The highest BCUT2D eigenvalue weighted by Gasteiger charge is 2.33. The summed E-state index contributed by atoms with van der Waals surface area (Å²) in [5.74, 6) is -0.406. The van der Waals surface area contributed by atoms with Crippen molar-refractivity contribution in [1.29, 1.82) is 0 Å². The fourth-order valence-corrected chi connectivity index (χ4v) is 1.65. The number of hydrogen-bond acceptors (Lipinski definition) is 3. The Hall–Kier alpha value is -1.61. The van der Waals surface area contributed by atoms with Crippen LogP contribution in [0.5, 0.6) is 0 Å². The maximum atomic E-state index is 11.6. The minimum Gasteiger partial charge on any atom is -0.468 e. The summed E-state index contributed by atoms with van der Waals surface area (Å²) in [4.78, 5) is 11.6. The molecule has 1 aromatic rings. The summed E-state index contributed by atoms with van der Waals surface area (Å²) < 4.78 is 4.73. The second kappa shape index (κ2) is 5.47. The van der Waals surface area contributed by atoms with Crippen LogP contribution in [0.15, 0.2) is 43.0 Å². The van der Waals surface area contributed by atoms with Crippen LogP contribution in [-0.2, 0) is 16.0 Å². The van der Waals surface area contributed by atoms with Gasteiger partial charge in [-0.1, -0.05) is 36.4 Å². The molecule has 3 nitrogen and oxygen atoms in total. The van der Waals surface area contributed by atoms with Crippen molar-refractivity contribution < 1.29 is 9.53 Å². The molecule has 0 saturated heterocycles. The van der Waals surface area contributed by atoms with E-state index in [0.717, 1.165) is 5.56 Å². The number of benzene rings is 1. The van der Waals surface area contributed by atoms with Gasteiger partial charge in [0.05, 0.1) is 7.11 Å². The van der Waals surface area contributed by atoms with E-state index in [4.69, 9.17) is 10.5 Å². The molecule has 3 heteroatoms. The van der Waals surface area contributed by atoms with Crippen LogP contribution in [0.3, 0.4) is 0 Å². The van der Waals surface area contributed by atoms with Crippen LogP contribution in [-0.4, -0.2) is 18.6 Å². The zero-order chi connectivity index (χ0) is 12.0. The number of ether oxygens (including phenoxy) is 1. The van der Waals surface area contributed by atoms with Crippen molar-refractivity contribution in [3.8, 4) is 0 Å². The maximum absolute atomic E-state index is 11.6. The monoisotopic (exact) mass is 219 g/mol. The maximum Gasteiger partial charge on any atom is 0.326 e. The number of nitrogens with two attached hydrogens (primary N) is 1. The fraction of sp³-hybridized carbons (Fsp3) is 0.308. The minimum absolute atomic E-state index is 0.397. The van der Waals surface area contributed by atoms with Gasteiger partial charge in [-0.25, -0.2) is 0 Å². The molecule has 0 heterocycles. The molecule has 0 unspecified atom stereocenters. The third-order valence-electron chi connectivity index (χ3n) is 2.46. The van der Waals surface area contributed by atoms with Crippen molar-refractivity contribution in [3.63, 3.8) is 0 Å². The summed E-state index contributed by atoms with van der Waals surface area (Å²) in [5.41, 5.74) is 6.04. The first-order valence-corrected chi connectivity index (χ1v) is 5.14. The highest BCUT2D eigenvalue weighted by molar-refractivity contribution is 5.81. The number of carbonyl (C=O) groups is 1. The summed E-state index contributed by atoms with van der Waals surface area (Å²) >= 11 is 0. The van der Waals surface area contributed by atoms with Gasteiger partial charge in [0.15, 0.2) is 0 Å². The summed E-state index contributed by atoms with van der Waals surface area (Å²) in [6.45, 7) is 3.62. The fourth-order valence-electron chi connectivity index (χ4n) is 1.65. The molecule has 1 aromatic carbocycles. The molecule has 0 spiro atoms. The Morgan fingerprint density at radius 2 is 2.12 bits per heavy atom. The minimum atomic E-state index is -1.02. The Morgan fingerprint density at radius 1 is 1.50 bits per heavy atom. The Labute approximate surface area is 95.9 Å². The van der Waals surface area contributed by atoms with E-state index in [1.165, 1.54) is 7.11 Å². The molecule has 0 saturated carbocycles. The molecule has 0 amide bonds. The number of esters is 1. The largest absolute Gasteiger partial charge is 0.468 e. The van der Waals surface area contributed by atoms with Crippen LogP contribution in [0.1, 0.15) is 12.0 Å². The third-order valence-corrected chi connectivity index (χ3v) is 2.46. The van der Waals surface area contributed by atoms with Gasteiger partial charge in [-0.15, -0.1) is 6.58 Å². The predicted octanol–water partition coefficient (Wildman–Crippen LogP) is 1.68. The lowest BCUT2D eigenvalue weighted by Crippen LogP contribution is -2.50. The van der Waals surface area contributed by atoms with Crippen LogP contribution in [0, 0.1) is 0 Å². The topological polar surface area (TPSA) is 52.3 Å². The Balaban J connectivity index is 2.87. The first-order chi connectivity index (χ1) is 7.62. The van der Waals surface area contributed by atoms with Crippen molar-refractivity contribution >= 4 is 5.97 Å². The molecule has 0 radical (unpaired) electrons. The van der Waals surface area contributed by atoms with E-state index in [1.54, 1.807) is 6.08 Å². The quantitative estimate of drug-likeness (QED) is 0.605. The second-order valence-electron chi connectivity index (χ2n) is 3.80. The van der Waals surface area contributed by atoms with Gasteiger partial charge in [0.1, 0.15) is 5.54 Å². The van der Waals surface area contributed by atoms with Gasteiger partial charge in [0.2, 0.25) is 0 Å². The molecule has 0 bridgehead atoms. The lowest BCUT2D eigenvalue weighted by Gasteiger charge is -2.25. The average molecular weight is 219 g/mol. The van der Waals surface area contributed by atoms with Crippen LogP contribution in [0.25, 0.3) is 0 Å². The molecule has 16 heavy (non-hydrogen) atoms. The lowest BCUT2D eigenvalue weighted by molar-refractivity contribution is -0.146. The molecule has 0 aliphatic heterocycles. The molecular formula is C13H17NO2. The summed E-state index contributed by atoms with van der Waals surface area (Å²) in [5, 5.41) is 0. The molecule has 0 aromatic heterocycles. The lowest BCUT2D eigenvalue weighted by atomic mass is 9.88. The highest BCUT2D eigenvalue weighted by Crippen LogP contribution is 2.17. The normalized spacial score (nSPS) is 13.9. The van der Waals surface area contributed by atoms with E-state index < -0.39 is 11.5 Å². The van der Waals surface area contributed by atoms with Crippen molar-refractivity contribution in [1.82, 2.24) is 0 Å². The van der Waals surface area contributed by atoms with Gasteiger partial charge < -0.3 is 10.5 Å². The van der Waals surface area contributed by atoms with Crippen LogP contribution < -0.4 is 5.73 Å². The molecule has 0 aliphatic rings. The molecule has 0 fully saturated rings. The predicted molar refractivity (Wildman–Crippen MR) is 63.9 cm³/mol. The van der Waals surface area contributed by atoms with Crippen molar-refractivity contribution in [3.05, 3.63) is 48.6 Å². The average Bonchev–Trinajstić information content (AvgIpc) is 2.29. The van der Waals surface area contributed by atoms with E-state index in [2.05, 4.69) is 6.58 Å². The molecule has 0 aliphatic carbocycles. The van der Waals surface area contributed by atoms with Gasteiger partial charge in [0.25, 0.3) is 0 Å². The van der Waals surface area contributed by atoms with Crippen molar-refractivity contribution in [2.45, 2.75) is 18.4 Å². The molecule has 2 N–H and O–H groups in total. The number of hydrogen-bond donors (Lipinski definition) is 1. The van der Waals surface area contributed by atoms with Crippen LogP contribution in [0.2, 0.25) is 0 Å².